The molecule has 6 heteroatoms. The summed E-state index contributed by atoms with van der Waals surface area (Å²) in [6.07, 6.45) is 1.70. The topological polar surface area (TPSA) is 70.2 Å². The van der Waals surface area contributed by atoms with Crippen LogP contribution in [0.15, 0.2) is 44.7 Å². The molecule has 1 amide bonds. The van der Waals surface area contributed by atoms with Crippen LogP contribution >= 0.6 is 0 Å². The van der Waals surface area contributed by atoms with Crippen molar-refractivity contribution in [2.75, 3.05) is 18.4 Å². The van der Waals surface area contributed by atoms with Gasteiger partial charge in [-0.15, -0.1) is 0 Å². The molecule has 2 aliphatic heterocycles. The van der Waals surface area contributed by atoms with Crippen molar-refractivity contribution in [3.63, 3.8) is 0 Å². The number of para-hydroxylation sites is 1. The number of amidine groups is 1. The summed E-state index contributed by atoms with van der Waals surface area (Å²) in [5.74, 6) is 1.56. The first-order valence-corrected chi connectivity index (χ1v) is 7.09. The number of aryl methyl sites for hydroxylation is 1. The molecule has 1 N–H and O–H groups in total. The van der Waals surface area contributed by atoms with Crippen LogP contribution < -0.4 is 5.32 Å². The van der Waals surface area contributed by atoms with Gasteiger partial charge in [0.25, 0.3) is 5.91 Å². The Balaban J connectivity index is 1.75. The van der Waals surface area contributed by atoms with E-state index in [9.17, 15) is 4.79 Å². The number of nitrogens with one attached hydrogen (secondary N) is 1. The molecule has 0 atom stereocenters. The number of furan rings is 1. The van der Waals surface area contributed by atoms with Crippen molar-refractivity contribution in [1.29, 1.82) is 0 Å². The van der Waals surface area contributed by atoms with E-state index >= 15 is 0 Å². The van der Waals surface area contributed by atoms with Gasteiger partial charge in [0.15, 0.2) is 0 Å². The average molecular weight is 294 g/mol. The van der Waals surface area contributed by atoms with Gasteiger partial charge in [0.05, 0.1) is 17.7 Å². The highest BCUT2D eigenvalue weighted by atomic mass is 16.4. The van der Waals surface area contributed by atoms with Crippen molar-refractivity contribution >= 4 is 29.7 Å². The van der Waals surface area contributed by atoms with Crippen molar-refractivity contribution < 1.29 is 9.21 Å². The van der Waals surface area contributed by atoms with Gasteiger partial charge in [-0.25, -0.2) is 4.99 Å². The standard InChI is InChI=1S/C16H14N4O2/c1-10-12(15(21)19-11-5-3-2-4-6-11)13-14-17-7-8-20(14)9-18-16(13)22-10/h2-6,9H,7-8H2,1H3,(H,19,21). The van der Waals surface area contributed by atoms with Crippen molar-refractivity contribution in [3.8, 4) is 0 Å². The van der Waals surface area contributed by atoms with Gasteiger partial charge in [0.1, 0.15) is 17.9 Å². The first kappa shape index (κ1) is 12.8. The summed E-state index contributed by atoms with van der Waals surface area (Å²) in [6.45, 7) is 3.25. The lowest BCUT2D eigenvalue weighted by molar-refractivity contribution is 0.102. The second kappa shape index (κ2) is 4.84. The molecular formula is C16H14N4O2. The highest BCUT2D eigenvalue weighted by molar-refractivity contribution is 6.19. The van der Waals surface area contributed by atoms with E-state index < -0.39 is 0 Å². The number of anilines is 1. The Morgan fingerprint density at radius 3 is 2.95 bits per heavy atom. The molecule has 6 nitrogen and oxygen atoms in total. The lowest BCUT2D eigenvalue weighted by Crippen LogP contribution is -2.30. The lowest BCUT2D eigenvalue weighted by Gasteiger charge is -2.18. The fraction of sp³-hybridized carbons (Fsp3) is 0.188. The van der Waals surface area contributed by atoms with Crippen LogP contribution in [0.3, 0.4) is 0 Å². The number of amides is 1. The highest BCUT2D eigenvalue weighted by Gasteiger charge is 2.33. The van der Waals surface area contributed by atoms with Crippen LogP contribution in [0.1, 0.15) is 21.7 Å². The minimum Gasteiger partial charge on any atom is -0.442 e. The molecule has 0 aliphatic carbocycles. The van der Waals surface area contributed by atoms with Crippen LogP contribution in [0.25, 0.3) is 0 Å². The van der Waals surface area contributed by atoms with E-state index in [0.29, 0.717) is 29.3 Å². The molecule has 0 bridgehead atoms. The smallest absolute Gasteiger partial charge is 0.260 e. The second-order valence-corrected chi connectivity index (χ2v) is 5.18. The van der Waals surface area contributed by atoms with Crippen molar-refractivity contribution in [1.82, 2.24) is 4.90 Å². The molecule has 0 radical (unpaired) electrons. The zero-order valence-corrected chi connectivity index (χ0v) is 12.0. The van der Waals surface area contributed by atoms with Crippen LogP contribution in [0.4, 0.5) is 11.6 Å². The summed E-state index contributed by atoms with van der Waals surface area (Å²) in [7, 11) is 0. The van der Waals surface area contributed by atoms with Crippen LogP contribution in [0, 0.1) is 6.92 Å². The van der Waals surface area contributed by atoms with Gasteiger partial charge in [-0.3, -0.25) is 9.79 Å². The zero-order valence-electron chi connectivity index (χ0n) is 12.0. The van der Waals surface area contributed by atoms with Crippen LogP contribution in [-0.4, -0.2) is 36.1 Å². The second-order valence-electron chi connectivity index (χ2n) is 5.18. The number of nitrogens with zero attached hydrogens (tertiary/aromatic N) is 3. The van der Waals surface area contributed by atoms with Gasteiger partial charge in [-0.05, 0) is 19.1 Å². The number of aliphatic imine (C=N–C) groups is 2. The van der Waals surface area contributed by atoms with E-state index in [2.05, 4.69) is 15.3 Å². The number of carbonyl (C=O) groups excluding carboxylic acids is 1. The predicted molar refractivity (Wildman–Crippen MR) is 84.1 cm³/mol. The van der Waals surface area contributed by atoms with E-state index in [-0.39, 0.29) is 5.91 Å². The molecule has 0 spiro atoms. The molecule has 2 aromatic rings. The summed E-state index contributed by atoms with van der Waals surface area (Å²) in [4.78, 5) is 23.4. The molecule has 0 saturated carbocycles. The van der Waals surface area contributed by atoms with E-state index in [1.165, 1.54) is 0 Å². The molecule has 1 aromatic carbocycles. The lowest BCUT2D eigenvalue weighted by atomic mass is 10.1. The first-order valence-electron chi connectivity index (χ1n) is 7.09. The predicted octanol–water partition coefficient (Wildman–Crippen LogP) is 2.58. The maximum Gasteiger partial charge on any atom is 0.260 e. The maximum atomic E-state index is 12.7. The number of rotatable bonds is 2. The summed E-state index contributed by atoms with van der Waals surface area (Å²) < 4.78 is 5.64. The Morgan fingerprint density at radius 1 is 1.32 bits per heavy atom. The van der Waals surface area contributed by atoms with E-state index in [1.54, 1.807) is 13.3 Å². The minimum atomic E-state index is -0.208. The molecule has 3 heterocycles. The molecule has 0 unspecified atom stereocenters. The Hall–Kier alpha value is -2.89. The Bertz CT molecular complexity index is 805. The van der Waals surface area contributed by atoms with Crippen molar-refractivity contribution in [3.05, 3.63) is 47.2 Å². The minimum absolute atomic E-state index is 0.208. The van der Waals surface area contributed by atoms with E-state index in [1.807, 2.05) is 35.2 Å². The van der Waals surface area contributed by atoms with Crippen LogP contribution in [0.2, 0.25) is 0 Å². The number of fused-ring (bicyclic) bond motifs is 3. The summed E-state index contributed by atoms with van der Waals surface area (Å²) >= 11 is 0. The number of hydrogen-bond acceptors (Lipinski definition) is 5. The maximum absolute atomic E-state index is 12.7. The molecule has 0 saturated heterocycles. The molecule has 0 fully saturated rings. The van der Waals surface area contributed by atoms with Crippen LogP contribution in [0.5, 0.6) is 0 Å². The monoisotopic (exact) mass is 294 g/mol. The van der Waals surface area contributed by atoms with Gasteiger partial charge in [0, 0.05) is 12.2 Å². The van der Waals surface area contributed by atoms with E-state index in [4.69, 9.17) is 4.42 Å². The fourth-order valence-corrected chi connectivity index (χ4v) is 2.73. The van der Waals surface area contributed by atoms with Gasteiger partial charge >= 0.3 is 0 Å². The first-order chi connectivity index (χ1) is 10.7. The third kappa shape index (κ3) is 1.92. The van der Waals surface area contributed by atoms with Gasteiger partial charge in [0.2, 0.25) is 5.88 Å². The van der Waals surface area contributed by atoms with Gasteiger partial charge < -0.3 is 14.6 Å². The third-order valence-corrected chi connectivity index (χ3v) is 3.74. The largest absolute Gasteiger partial charge is 0.442 e. The van der Waals surface area contributed by atoms with E-state index in [0.717, 1.165) is 18.1 Å². The highest BCUT2D eigenvalue weighted by Crippen LogP contribution is 2.34. The fourth-order valence-electron chi connectivity index (χ4n) is 2.73. The molecule has 1 aromatic heterocycles. The Kier molecular flexibility index (Phi) is 2.82. The van der Waals surface area contributed by atoms with Gasteiger partial charge in [-0.1, -0.05) is 18.2 Å². The Labute approximate surface area is 127 Å². The average Bonchev–Trinajstić information content (AvgIpc) is 3.10. The molecule has 2 aliphatic rings. The summed E-state index contributed by atoms with van der Waals surface area (Å²) in [5, 5.41) is 2.89. The van der Waals surface area contributed by atoms with Crippen molar-refractivity contribution in [2.24, 2.45) is 9.98 Å². The number of benzene rings is 1. The Morgan fingerprint density at radius 2 is 2.14 bits per heavy atom. The SMILES string of the molecule is Cc1oc2c(c1C(=O)Nc1ccccc1)C1=NCCN1C=N2. The molecular weight excluding hydrogens is 280 g/mol. The van der Waals surface area contributed by atoms with Crippen molar-refractivity contribution in [2.45, 2.75) is 6.92 Å². The molecule has 110 valence electrons. The van der Waals surface area contributed by atoms with Gasteiger partial charge in [-0.2, -0.15) is 0 Å². The molecule has 4 rings (SSSR count). The normalized spacial score (nSPS) is 15.3. The third-order valence-electron chi connectivity index (χ3n) is 3.74. The van der Waals surface area contributed by atoms with Crippen LogP contribution in [-0.2, 0) is 0 Å². The summed E-state index contributed by atoms with van der Waals surface area (Å²) in [5.41, 5.74) is 1.93. The quantitative estimate of drug-likeness (QED) is 0.925. The number of carbonyl (C=O) groups is 1. The summed E-state index contributed by atoms with van der Waals surface area (Å²) in [6, 6.07) is 9.34. The zero-order chi connectivity index (χ0) is 15.1. The number of hydrogen-bond donors (Lipinski definition) is 1. The molecule has 22 heavy (non-hydrogen) atoms.